The summed E-state index contributed by atoms with van der Waals surface area (Å²) in [4.78, 5) is 48.5. The van der Waals surface area contributed by atoms with Gasteiger partial charge < -0.3 is 24.8 Å². The van der Waals surface area contributed by atoms with E-state index in [9.17, 15) is 19.2 Å². The van der Waals surface area contributed by atoms with Crippen molar-refractivity contribution in [2.45, 2.75) is 26.9 Å². The topological polar surface area (TPSA) is 120 Å². The highest BCUT2D eigenvalue weighted by Gasteiger charge is 2.26. The SMILES string of the molecule is COC(=O)c1sc(NC(=O)CNc2ccc(C(=O)OC(C)C)cc2)c(C(=O)OC)c1C. The number of thiophene rings is 1. The molecule has 1 aromatic heterocycles. The highest BCUT2D eigenvalue weighted by atomic mass is 32.1. The summed E-state index contributed by atoms with van der Waals surface area (Å²) < 4.78 is 14.6. The lowest BCUT2D eigenvalue weighted by Gasteiger charge is -2.10. The summed E-state index contributed by atoms with van der Waals surface area (Å²) in [5, 5.41) is 5.74. The summed E-state index contributed by atoms with van der Waals surface area (Å²) >= 11 is 0.936. The molecule has 0 radical (unpaired) electrons. The number of rotatable bonds is 8. The first-order valence-corrected chi connectivity index (χ1v) is 10.1. The molecule has 1 heterocycles. The van der Waals surface area contributed by atoms with Crippen LogP contribution in [0.15, 0.2) is 24.3 Å². The van der Waals surface area contributed by atoms with Crippen LogP contribution in [0.4, 0.5) is 10.7 Å². The minimum Gasteiger partial charge on any atom is -0.465 e. The number of anilines is 2. The van der Waals surface area contributed by atoms with Gasteiger partial charge in [-0.1, -0.05) is 0 Å². The molecule has 0 saturated heterocycles. The van der Waals surface area contributed by atoms with Crippen LogP contribution in [0.5, 0.6) is 0 Å². The number of carbonyl (C=O) groups excluding carboxylic acids is 4. The van der Waals surface area contributed by atoms with E-state index in [-0.39, 0.29) is 28.1 Å². The number of hydrogen-bond donors (Lipinski definition) is 2. The molecule has 0 aliphatic heterocycles. The van der Waals surface area contributed by atoms with Crippen molar-refractivity contribution in [2.24, 2.45) is 0 Å². The van der Waals surface area contributed by atoms with Crippen molar-refractivity contribution in [1.29, 1.82) is 0 Å². The van der Waals surface area contributed by atoms with Gasteiger partial charge in [0.05, 0.1) is 38.0 Å². The van der Waals surface area contributed by atoms with E-state index in [0.29, 0.717) is 16.8 Å². The maximum absolute atomic E-state index is 12.4. The van der Waals surface area contributed by atoms with Crippen molar-refractivity contribution in [3.05, 3.63) is 45.8 Å². The molecular weight excluding hydrogens is 424 g/mol. The van der Waals surface area contributed by atoms with Crippen molar-refractivity contribution in [2.75, 3.05) is 31.4 Å². The van der Waals surface area contributed by atoms with E-state index in [1.54, 1.807) is 45.0 Å². The zero-order valence-electron chi connectivity index (χ0n) is 17.9. The molecule has 2 N–H and O–H groups in total. The second-order valence-corrected chi connectivity index (χ2v) is 7.70. The normalized spacial score (nSPS) is 10.4. The second kappa shape index (κ2) is 10.6. The fraction of sp³-hybridized carbons (Fsp3) is 0.333. The number of methoxy groups -OCH3 is 2. The summed E-state index contributed by atoms with van der Waals surface area (Å²) in [6.07, 6.45) is -0.218. The predicted octanol–water partition coefficient (Wildman–Crippen LogP) is 3.25. The number of hydrogen-bond acceptors (Lipinski definition) is 9. The van der Waals surface area contributed by atoms with Crippen LogP contribution in [0.2, 0.25) is 0 Å². The third-order valence-electron chi connectivity index (χ3n) is 4.08. The first-order chi connectivity index (χ1) is 14.7. The Morgan fingerprint density at radius 1 is 0.968 bits per heavy atom. The molecule has 10 heteroatoms. The van der Waals surface area contributed by atoms with E-state index in [4.69, 9.17) is 14.2 Å². The lowest BCUT2D eigenvalue weighted by molar-refractivity contribution is -0.114. The average molecular weight is 448 g/mol. The van der Waals surface area contributed by atoms with E-state index >= 15 is 0 Å². The zero-order valence-corrected chi connectivity index (χ0v) is 18.7. The lowest BCUT2D eigenvalue weighted by Crippen LogP contribution is -2.22. The fourth-order valence-electron chi connectivity index (χ4n) is 2.60. The van der Waals surface area contributed by atoms with Crippen molar-refractivity contribution in [3.63, 3.8) is 0 Å². The van der Waals surface area contributed by atoms with Gasteiger partial charge in [0.2, 0.25) is 5.91 Å². The van der Waals surface area contributed by atoms with Crippen LogP contribution in [0.3, 0.4) is 0 Å². The molecule has 2 rings (SSSR count). The number of esters is 3. The first kappa shape index (κ1) is 23.9. The van der Waals surface area contributed by atoms with E-state index in [1.165, 1.54) is 14.2 Å². The van der Waals surface area contributed by atoms with E-state index in [2.05, 4.69) is 10.6 Å². The minimum absolute atomic E-state index is 0.106. The highest BCUT2D eigenvalue weighted by molar-refractivity contribution is 7.18. The van der Waals surface area contributed by atoms with Crippen molar-refractivity contribution in [1.82, 2.24) is 0 Å². The number of nitrogens with one attached hydrogen (secondary N) is 2. The zero-order chi connectivity index (χ0) is 23.1. The van der Waals surface area contributed by atoms with Gasteiger partial charge in [-0.25, -0.2) is 14.4 Å². The van der Waals surface area contributed by atoms with E-state index in [0.717, 1.165) is 11.3 Å². The molecule has 0 atom stereocenters. The fourth-order valence-corrected chi connectivity index (χ4v) is 3.73. The van der Waals surface area contributed by atoms with Gasteiger partial charge in [0.1, 0.15) is 9.88 Å². The third kappa shape index (κ3) is 6.05. The molecule has 2 aromatic rings. The molecule has 0 bridgehead atoms. The Bertz CT molecular complexity index is 980. The molecule has 1 amide bonds. The Balaban J connectivity index is 2.07. The highest BCUT2D eigenvalue weighted by Crippen LogP contribution is 2.34. The Kier molecular flexibility index (Phi) is 8.14. The Hall–Kier alpha value is -3.40. The molecule has 0 spiro atoms. The van der Waals surface area contributed by atoms with Crippen LogP contribution < -0.4 is 10.6 Å². The molecular formula is C21H24N2O7S. The standard InChI is InChI=1S/C21H24N2O7S/c1-11(2)30-19(25)13-6-8-14(9-7-13)22-10-15(24)23-18-16(20(26)28-4)12(3)17(31-18)21(27)29-5/h6-9,11,22H,10H2,1-5H3,(H,23,24). The number of benzene rings is 1. The molecule has 0 aliphatic carbocycles. The average Bonchev–Trinajstić information content (AvgIpc) is 3.06. The Labute approximate surface area is 183 Å². The lowest BCUT2D eigenvalue weighted by atomic mass is 10.1. The van der Waals surface area contributed by atoms with Crippen molar-refractivity contribution in [3.8, 4) is 0 Å². The number of amides is 1. The maximum atomic E-state index is 12.4. The largest absolute Gasteiger partial charge is 0.465 e. The second-order valence-electron chi connectivity index (χ2n) is 6.68. The van der Waals surface area contributed by atoms with Gasteiger partial charge in [-0.3, -0.25) is 4.79 Å². The molecule has 166 valence electrons. The smallest absolute Gasteiger partial charge is 0.348 e. The van der Waals surface area contributed by atoms with Crippen LogP contribution in [0.25, 0.3) is 0 Å². The minimum atomic E-state index is -0.670. The van der Waals surface area contributed by atoms with Crippen LogP contribution in [0.1, 0.15) is 49.8 Å². The quantitative estimate of drug-likeness (QED) is 0.466. The molecule has 0 saturated carbocycles. The van der Waals surface area contributed by atoms with Gasteiger partial charge in [-0.05, 0) is 50.6 Å². The number of carbonyl (C=O) groups is 4. The molecule has 1 aromatic carbocycles. The molecule has 0 aliphatic rings. The summed E-state index contributed by atoms with van der Waals surface area (Å²) in [5.74, 6) is -2.14. The van der Waals surface area contributed by atoms with Gasteiger partial charge in [-0.15, -0.1) is 11.3 Å². The third-order valence-corrected chi connectivity index (χ3v) is 5.26. The molecule has 0 fully saturated rings. The Morgan fingerprint density at radius 3 is 2.13 bits per heavy atom. The van der Waals surface area contributed by atoms with Crippen LogP contribution >= 0.6 is 11.3 Å². The van der Waals surface area contributed by atoms with Gasteiger partial charge in [0.25, 0.3) is 0 Å². The van der Waals surface area contributed by atoms with Gasteiger partial charge in [0.15, 0.2) is 0 Å². The van der Waals surface area contributed by atoms with Crippen molar-refractivity contribution >= 4 is 45.8 Å². The maximum Gasteiger partial charge on any atom is 0.348 e. The van der Waals surface area contributed by atoms with Gasteiger partial charge >= 0.3 is 17.9 Å². The van der Waals surface area contributed by atoms with Crippen molar-refractivity contribution < 1.29 is 33.4 Å². The van der Waals surface area contributed by atoms with E-state index in [1.807, 2.05) is 0 Å². The number of ether oxygens (including phenoxy) is 3. The van der Waals surface area contributed by atoms with E-state index < -0.39 is 23.8 Å². The molecule has 0 unspecified atom stereocenters. The molecule has 9 nitrogen and oxygen atoms in total. The summed E-state index contributed by atoms with van der Waals surface area (Å²) in [6, 6.07) is 6.47. The Morgan fingerprint density at radius 2 is 1.58 bits per heavy atom. The predicted molar refractivity (Wildman–Crippen MR) is 116 cm³/mol. The summed E-state index contributed by atoms with van der Waals surface area (Å²) in [7, 11) is 2.44. The van der Waals surface area contributed by atoms with Gasteiger partial charge in [-0.2, -0.15) is 0 Å². The summed E-state index contributed by atoms with van der Waals surface area (Å²) in [5.41, 5.74) is 1.49. The van der Waals surface area contributed by atoms with Crippen LogP contribution in [0, 0.1) is 6.92 Å². The first-order valence-electron chi connectivity index (χ1n) is 9.32. The monoisotopic (exact) mass is 448 g/mol. The van der Waals surface area contributed by atoms with Gasteiger partial charge in [0, 0.05) is 5.69 Å². The molecule has 31 heavy (non-hydrogen) atoms. The van der Waals surface area contributed by atoms with Crippen LogP contribution in [-0.4, -0.2) is 50.7 Å². The van der Waals surface area contributed by atoms with Crippen LogP contribution in [-0.2, 0) is 19.0 Å². The summed E-state index contributed by atoms with van der Waals surface area (Å²) in [6.45, 7) is 5.00.